The van der Waals surface area contributed by atoms with Crippen LogP contribution in [-0.4, -0.2) is 26.3 Å². The lowest BCUT2D eigenvalue weighted by molar-refractivity contribution is 0.128. The van der Waals surface area contributed by atoms with E-state index in [9.17, 15) is 0 Å². The Bertz CT molecular complexity index is 115. The summed E-state index contributed by atoms with van der Waals surface area (Å²) >= 11 is 0. The lowest BCUT2D eigenvalue weighted by Gasteiger charge is -2.18. The Labute approximate surface area is 89.4 Å². The molecule has 0 spiro atoms. The predicted octanol–water partition coefficient (Wildman–Crippen LogP) is 2.83. The molecule has 0 saturated carbocycles. The van der Waals surface area contributed by atoms with Gasteiger partial charge in [-0.05, 0) is 38.6 Å². The normalized spacial score (nSPS) is 13.5. The highest BCUT2D eigenvalue weighted by Crippen LogP contribution is 2.09. The highest BCUT2D eigenvalue weighted by Gasteiger charge is 2.07. The molecular weight excluding hydrogens is 174 g/mol. The van der Waals surface area contributed by atoms with Crippen LogP contribution >= 0.6 is 0 Å². The van der Waals surface area contributed by atoms with E-state index in [-0.39, 0.29) is 0 Å². The molecular formula is C12H27NO. The van der Waals surface area contributed by atoms with E-state index in [4.69, 9.17) is 4.74 Å². The van der Waals surface area contributed by atoms with Crippen LogP contribution in [0.5, 0.6) is 0 Å². The summed E-state index contributed by atoms with van der Waals surface area (Å²) in [5, 5.41) is 3.37. The van der Waals surface area contributed by atoms with E-state index in [1.54, 1.807) is 0 Å². The fraction of sp³-hybridized carbons (Fsp3) is 1.00. The van der Waals surface area contributed by atoms with Crippen molar-refractivity contribution >= 4 is 0 Å². The van der Waals surface area contributed by atoms with Gasteiger partial charge in [0, 0.05) is 19.3 Å². The molecule has 0 aromatic carbocycles. The van der Waals surface area contributed by atoms with Gasteiger partial charge in [-0.2, -0.15) is 0 Å². The molecule has 0 aliphatic rings. The van der Waals surface area contributed by atoms with Crippen LogP contribution in [0.25, 0.3) is 0 Å². The van der Waals surface area contributed by atoms with Crippen LogP contribution in [0.15, 0.2) is 0 Å². The second kappa shape index (κ2) is 9.47. The van der Waals surface area contributed by atoms with Crippen molar-refractivity contribution < 1.29 is 4.74 Å². The van der Waals surface area contributed by atoms with Crippen molar-refractivity contribution in [2.45, 2.75) is 52.5 Å². The highest BCUT2D eigenvalue weighted by molar-refractivity contribution is 4.66. The molecule has 0 bridgehead atoms. The third-order valence-corrected chi connectivity index (χ3v) is 2.35. The van der Waals surface area contributed by atoms with Gasteiger partial charge < -0.3 is 10.1 Å². The first-order valence-corrected chi connectivity index (χ1v) is 5.95. The topological polar surface area (TPSA) is 21.3 Å². The number of ether oxygens (including phenoxy) is 1. The quantitative estimate of drug-likeness (QED) is 0.579. The van der Waals surface area contributed by atoms with Gasteiger partial charge in [-0.25, -0.2) is 0 Å². The first-order valence-electron chi connectivity index (χ1n) is 5.95. The number of rotatable bonds is 9. The summed E-state index contributed by atoms with van der Waals surface area (Å²) in [4.78, 5) is 0. The number of hydrogen-bond acceptors (Lipinski definition) is 2. The molecule has 0 aliphatic heterocycles. The van der Waals surface area contributed by atoms with Crippen molar-refractivity contribution in [2.75, 3.05) is 20.3 Å². The molecule has 0 saturated heterocycles. The van der Waals surface area contributed by atoms with Crippen molar-refractivity contribution in [3.63, 3.8) is 0 Å². The van der Waals surface area contributed by atoms with Crippen molar-refractivity contribution in [3.8, 4) is 0 Å². The van der Waals surface area contributed by atoms with Gasteiger partial charge >= 0.3 is 0 Å². The maximum atomic E-state index is 5.45. The average molecular weight is 201 g/mol. The lowest BCUT2D eigenvalue weighted by Crippen LogP contribution is -2.27. The first kappa shape index (κ1) is 13.9. The third kappa shape index (κ3) is 8.52. The molecule has 2 nitrogen and oxygen atoms in total. The van der Waals surface area contributed by atoms with Crippen LogP contribution in [0, 0.1) is 5.92 Å². The summed E-state index contributed by atoms with van der Waals surface area (Å²) in [7, 11) is 2.06. The largest absolute Gasteiger partial charge is 0.381 e. The fourth-order valence-electron chi connectivity index (χ4n) is 1.63. The Kier molecular flexibility index (Phi) is 9.42. The van der Waals surface area contributed by atoms with E-state index in [2.05, 4.69) is 33.1 Å². The van der Waals surface area contributed by atoms with E-state index in [1.807, 2.05) is 0 Å². The molecule has 1 unspecified atom stereocenters. The van der Waals surface area contributed by atoms with E-state index in [0.29, 0.717) is 6.04 Å². The molecule has 0 radical (unpaired) electrons. The zero-order chi connectivity index (χ0) is 10.8. The van der Waals surface area contributed by atoms with Crippen LogP contribution < -0.4 is 5.32 Å². The molecule has 14 heavy (non-hydrogen) atoms. The zero-order valence-electron chi connectivity index (χ0n) is 10.3. The minimum absolute atomic E-state index is 0.667. The number of nitrogens with one attached hydrogen (secondary N) is 1. The van der Waals surface area contributed by atoms with Gasteiger partial charge in [0.25, 0.3) is 0 Å². The molecule has 1 N–H and O–H groups in total. The van der Waals surface area contributed by atoms with Gasteiger partial charge in [-0.1, -0.05) is 20.8 Å². The molecule has 1 atom stereocenters. The van der Waals surface area contributed by atoms with Gasteiger partial charge in [0.1, 0.15) is 0 Å². The molecule has 0 aliphatic carbocycles. The van der Waals surface area contributed by atoms with E-state index >= 15 is 0 Å². The van der Waals surface area contributed by atoms with Crippen LogP contribution in [-0.2, 0) is 4.74 Å². The van der Waals surface area contributed by atoms with E-state index in [1.165, 1.54) is 19.3 Å². The van der Waals surface area contributed by atoms with Crippen LogP contribution in [0.3, 0.4) is 0 Å². The standard InChI is InChI=1S/C12H27NO/c1-5-8-14-9-6-7-12(13-4)10-11(2)3/h11-13H,5-10H2,1-4H3. The summed E-state index contributed by atoms with van der Waals surface area (Å²) in [5.41, 5.74) is 0. The highest BCUT2D eigenvalue weighted by atomic mass is 16.5. The summed E-state index contributed by atoms with van der Waals surface area (Å²) in [6.07, 6.45) is 4.81. The van der Waals surface area contributed by atoms with Gasteiger partial charge in [0.15, 0.2) is 0 Å². The van der Waals surface area contributed by atoms with Gasteiger partial charge in [0.2, 0.25) is 0 Å². The third-order valence-electron chi connectivity index (χ3n) is 2.35. The Morgan fingerprint density at radius 2 is 1.93 bits per heavy atom. The van der Waals surface area contributed by atoms with Gasteiger partial charge in [0.05, 0.1) is 0 Å². The fourth-order valence-corrected chi connectivity index (χ4v) is 1.63. The smallest absolute Gasteiger partial charge is 0.0466 e. The molecule has 0 aromatic heterocycles. The first-order chi connectivity index (χ1) is 6.70. The minimum Gasteiger partial charge on any atom is -0.381 e. The maximum Gasteiger partial charge on any atom is 0.0466 e. The zero-order valence-corrected chi connectivity index (χ0v) is 10.3. The second-order valence-electron chi connectivity index (χ2n) is 4.37. The summed E-state index contributed by atoms with van der Waals surface area (Å²) in [6.45, 7) is 8.53. The number of hydrogen-bond donors (Lipinski definition) is 1. The molecule has 0 heterocycles. The van der Waals surface area contributed by atoms with Crippen molar-refractivity contribution in [3.05, 3.63) is 0 Å². The monoisotopic (exact) mass is 201 g/mol. The van der Waals surface area contributed by atoms with E-state index < -0.39 is 0 Å². The lowest BCUT2D eigenvalue weighted by atomic mass is 10.0. The maximum absolute atomic E-state index is 5.45. The van der Waals surface area contributed by atoms with Crippen LogP contribution in [0.4, 0.5) is 0 Å². The summed E-state index contributed by atoms with van der Waals surface area (Å²) in [6, 6.07) is 0.667. The van der Waals surface area contributed by atoms with Crippen molar-refractivity contribution in [1.29, 1.82) is 0 Å². The molecule has 86 valence electrons. The predicted molar refractivity (Wildman–Crippen MR) is 62.6 cm³/mol. The Morgan fingerprint density at radius 3 is 2.43 bits per heavy atom. The van der Waals surface area contributed by atoms with Gasteiger partial charge in [-0.3, -0.25) is 0 Å². The average Bonchev–Trinajstić information content (AvgIpc) is 2.15. The van der Waals surface area contributed by atoms with Crippen LogP contribution in [0.1, 0.15) is 46.5 Å². The van der Waals surface area contributed by atoms with Crippen molar-refractivity contribution in [1.82, 2.24) is 5.32 Å². The SMILES string of the molecule is CCCOCCCC(CC(C)C)NC. The Balaban J connectivity index is 3.33. The van der Waals surface area contributed by atoms with Crippen LogP contribution in [0.2, 0.25) is 0 Å². The molecule has 0 rings (SSSR count). The molecule has 2 heteroatoms. The second-order valence-corrected chi connectivity index (χ2v) is 4.37. The van der Waals surface area contributed by atoms with Gasteiger partial charge in [-0.15, -0.1) is 0 Å². The van der Waals surface area contributed by atoms with E-state index in [0.717, 1.165) is 25.6 Å². The summed E-state index contributed by atoms with van der Waals surface area (Å²) < 4.78 is 5.45. The minimum atomic E-state index is 0.667. The Hall–Kier alpha value is -0.0800. The molecule has 0 aromatic rings. The molecule has 0 amide bonds. The molecule has 0 fully saturated rings. The van der Waals surface area contributed by atoms with Crippen molar-refractivity contribution in [2.24, 2.45) is 5.92 Å². The summed E-state index contributed by atoms with van der Waals surface area (Å²) in [5.74, 6) is 0.781. The Morgan fingerprint density at radius 1 is 1.21 bits per heavy atom.